The highest BCUT2D eigenvalue weighted by Gasteiger charge is 2.35. The van der Waals surface area contributed by atoms with Crippen LogP contribution >= 0.6 is 0 Å². The zero-order chi connectivity index (χ0) is 23.6. The minimum Gasteiger partial charge on any atom is -0.481 e. The molecule has 1 saturated heterocycles. The lowest BCUT2D eigenvalue weighted by Gasteiger charge is -2.43. The number of anilines is 1. The fourth-order valence-corrected chi connectivity index (χ4v) is 4.04. The Kier molecular flexibility index (Phi) is 9.57. The van der Waals surface area contributed by atoms with E-state index in [1.165, 1.54) is 18.4 Å². The molecule has 0 saturated carbocycles. The van der Waals surface area contributed by atoms with Crippen LogP contribution in [-0.2, 0) is 22.4 Å². The maximum absolute atomic E-state index is 11.3. The van der Waals surface area contributed by atoms with E-state index in [0.29, 0.717) is 12.4 Å². The Morgan fingerprint density at radius 1 is 1.27 bits per heavy atom. The second-order valence-corrected chi connectivity index (χ2v) is 8.78. The minimum absolute atomic E-state index is 0.0389. The van der Waals surface area contributed by atoms with Gasteiger partial charge in [-0.25, -0.2) is 15.0 Å². The van der Waals surface area contributed by atoms with Gasteiger partial charge >= 0.3 is 5.97 Å². The predicted octanol–water partition coefficient (Wildman–Crippen LogP) is 3.80. The van der Waals surface area contributed by atoms with Crippen molar-refractivity contribution in [3.63, 3.8) is 0 Å². The van der Waals surface area contributed by atoms with Crippen molar-refractivity contribution in [2.75, 3.05) is 31.6 Å². The standard InChI is InChI=1S/C22H29N5O3.C3H8/c1-15-24-11-17(12-25-15)20(10-21(28)29)27-13-19(14-27)30-9-3-5-18-7-6-16-4-2-8-23-22(16)26-18;1-3-2/h6-7,11-12,19-20H,2-5,8-10,13-14H2,1H3,(H,23,26)(H,28,29);3H2,1-2H3. The summed E-state index contributed by atoms with van der Waals surface area (Å²) in [5.41, 5.74) is 3.25. The highest BCUT2D eigenvalue weighted by molar-refractivity contribution is 5.67. The SMILES string of the molecule is CCC.Cc1ncc(C(CC(=O)O)N2CC(OCCCc3ccc4c(n3)NCCC4)C2)cn1. The maximum Gasteiger partial charge on any atom is 0.305 e. The molecule has 2 aromatic rings. The van der Waals surface area contributed by atoms with Crippen molar-refractivity contribution in [2.45, 2.75) is 71.4 Å². The molecule has 2 aliphatic rings. The lowest BCUT2D eigenvalue weighted by molar-refractivity contribution is -0.140. The number of nitrogens with zero attached hydrogens (tertiary/aromatic N) is 4. The lowest BCUT2D eigenvalue weighted by Crippen LogP contribution is -2.53. The molecule has 1 fully saturated rings. The third-order valence-electron chi connectivity index (χ3n) is 5.75. The van der Waals surface area contributed by atoms with Gasteiger partial charge < -0.3 is 15.2 Å². The number of aliphatic carboxylic acids is 1. The normalized spacial score (nSPS) is 16.6. The van der Waals surface area contributed by atoms with Gasteiger partial charge in [-0.15, -0.1) is 0 Å². The fourth-order valence-electron chi connectivity index (χ4n) is 4.04. The molecule has 2 aromatic heterocycles. The van der Waals surface area contributed by atoms with Gasteiger partial charge in [0.2, 0.25) is 0 Å². The number of likely N-dealkylation sites (tertiary alicyclic amines) is 1. The molecule has 1 atom stereocenters. The predicted molar refractivity (Wildman–Crippen MR) is 128 cm³/mol. The van der Waals surface area contributed by atoms with Crippen molar-refractivity contribution in [1.29, 1.82) is 0 Å². The number of nitrogens with one attached hydrogen (secondary N) is 1. The van der Waals surface area contributed by atoms with Gasteiger partial charge in [0.25, 0.3) is 0 Å². The first-order chi connectivity index (χ1) is 16.0. The number of carboxylic acids is 1. The summed E-state index contributed by atoms with van der Waals surface area (Å²) in [6.45, 7) is 9.21. The van der Waals surface area contributed by atoms with Crippen molar-refractivity contribution >= 4 is 11.8 Å². The van der Waals surface area contributed by atoms with Gasteiger partial charge in [0.1, 0.15) is 11.6 Å². The van der Waals surface area contributed by atoms with E-state index in [9.17, 15) is 9.90 Å². The van der Waals surface area contributed by atoms with Crippen LogP contribution in [0.1, 0.15) is 68.2 Å². The van der Waals surface area contributed by atoms with Crippen LogP contribution in [0.25, 0.3) is 0 Å². The maximum atomic E-state index is 11.3. The van der Waals surface area contributed by atoms with Gasteiger partial charge in [-0.2, -0.15) is 0 Å². The van der Waals surface area contributed by atoms with E-state index in [-0.39, 0.29) is 18.6 Å². The number of hydrogen-bond acceptors (Lipinski definition) is 7. The zero-order valence-electron chi connectivity index (χ0n) is 20.1. The zero-order valence-corrected chi connectivity index (χ0v) is 20.1. The Bertz CT molecular complexity index is 884. The molecular weight excluding hydrogens is 418 g/mol. The molecule has 0 aromatic carbocycles. The summed E-state index contributed by atoms with van der Waals surface area (Å²) in [5, 5.41) is 12.7. The number of fused-ring (bicyclic) bond motifs is 1. The summed E-state index contributed by atoms with van der Waals surface area (Å²) in [6, 6.07) is 4.10. The van der Waals surface area contributed by atoms with E-state index in [4.69, 9.17) is 9.72 Å². The third kappa shape index (κ3) is 7.47. The number of carbonyl (C=O) groups is 1. The molecule has 8 nitrogen and oxygen atoms in total. The molecule has 4 heterocycles. The van der Waals surface area contributed by atoms with Gasteiger partial charge in [0.05, 0.1) is 12.5 Å². The molecule has 0 radical (unpaired) electrons. The number of carboxylic acid groups (broad SMARTS) is 1. The number of aryl methyl sites for hydroxylation is 3. The summed E-state index contributed by atoms with van der Waals surface area (Å²) < 4.78 is 5.99. The average molecular weight is 456 g/mol. The van der Waals surface area contributed by atoms with Gasteiger partial charge in [0.15, 0.2) is 0 Å². The van der Waals surface area contributed by atoms with Crippen LogP contribution in [0.3, 0.4) is 0 Å². The monoisotopic (exact) mass is 455 g/mol. The summed E-state index contributed by atoms with van der Waals surface area (Å²) in [5.74, 6) is 0.901. The summed E-state index contributed by atoms with van der Waals surface area (Å²) in [4.78, 5) is 26.6. The quantitative estimate of drug-likeness (QED) is 0.551. The molecule has 4 rings (SSSR count). The Labute approximate surface area is 196 Å². The molecule has 0 bridgehead atoms. The van der Waals surface area contributed by atoms with E-state index in [0.717, 1.165) is 56.0 Å². The molecule has 2 aliphatic heterocycles. The number of pyridine rings is 1. The van der Waals surface area contributed by atoms with Crippen LogP contribution in [0.4, 0.5) is 5.82 Å². The number of rotatable bonds is 9. The molecule has 0 spiro atoms. The van der Waals surface area contributed by atoms with Gasteiger partial charge in [-0.05, 0) is 44.2 Å². The van der Waals surface area contributed by atoms with Gasteiger partial charge in [-0.3, -0.25) is 9.69 Å². The van der Waals surface area contributed by atoms with Crippen molar-refractivity contribution in [2.24, 2.45) is 0 Å². The van der Waals surface area contributed by atoms with Crippen LogP contribution in [-0.4, -0.2) is 63.3 Å². The number of ether oxygens (including phenoxy) is 1. The highest BCUT2D eigenvalue weighted by atomic mass is 16.5. The molecular formula is C25H37N5O3. The molecule has 0 aliphatic carbocycles. The molecule has 33 heavy (non-hydrogen) atoms. The van der Waals surface area contributed by atoms with Crippen molar-refractivity contribution in [3.05, 3.63) is 47.2 Å². The molecule has 180 valence electrons. The number of hydrogen-bond donors (Lipinski definition) is 2. The summed E-state index contributed by atoms with van der Waals surface area (Å²) in [6.07, 6.45) is 8.98. The first kappa shape index (κ1) is 25.1. The van der Waals surface area contributed by atoms with E-state index in [2.05, 4.69) is 46.2 Å². The molecule has 1 unspecified atom stereocenters. The van der Waals surface area contributed by atoms with Crippen molar-refractivity contribution in [3.8, 4) is 0 Å². The summed E-state index contributed by atoms with van der Waals surface area (Å²) in [7, 11) is 0. The Hall–Kier alpha value is -2.58. The topological polar surface area (TPSA) is 100 Å². The lowest BCUT2D eigenvalue weighted by atomic mass is 10.00. The first-order valence-electron chi connectivity index (χ1n) is 12.1. The second-order valence-electron chi connectivity index (χ2n) is 8.78. The van der Waals surface area contributed by atoms with E-state index < -0.39 is 5.97 Å². The Morgan fingerprint density at radius 3 is 2.70 bits per heavy atom. The van der Waals surface area contributed by atoms with Crippen molar-refractivity contribution in [1.82, 2.24) is 19.9 Å². The van der Waals surface area contributed by atoms with Crippen LogP contribution in [0.5, 0.6) is 0 Å². The second kappa shape index (κ2) is 12.6. The summed E-state index contributed by atoms with van der Waals surface area (Å²) >= 11 is 0. The molecule has 8 heteroatoms. The van der Waals surface area contributed by atoms with Gasteiger partial charge in [-0.1, -0.05) is 26.3 Å². The van der Waals surface area contributed by atoms with E-state index in [1.807, 2.05) is 6.92 Å². The van der Waals surface area contributed by atoms with E-state index >= 15 is 0 Å². The van der Waals surface area contributed by atoms with Crippen LogP contribution in [0.2, 0.25) is 0 Å². The fraction of sp³-hybridized carbons (Fsp3) is 0.600. The van der Waals surface area contributed by atoms with E-state index in [1.54, 1.807) is 12.4 Å². The molecule has 2 N–H and O–H groups in total. The smallest absolute Gasteiger partial charge is 0.305 e. The number of aromatic nitrogens is 3. The van der Waals surface area contributed by atoms with Crippen LogP contribution in [0, 0.1) is 6.92 Å². The van der Waals surface area contributed by atoms with Crippen LogP contribution in [0.15, 0.2) is 24.5 Å². The van der Waals surface area contributed by atoms with Gasteiger partial charge in [0, 0.05) is 55.9 Å². The average Bonchev–Trinajstić information content (AvgIpc) is 2.77. The Balaban J connectivity index is 0.000000968. The minimum atomic E-state index is -0.822. The van der Waals surface area contributed by atoms with Crippen LogP contribution < -0.4 is 5.32 Å². The largest absolute Gasteiger partial charge is 0.481 e. The first-order valence-corrected chi connectivity index (χ1v) is 12.1. The Morgan fingerprint density at radius 2 is 2.00 bits per heavy atom. The molecule has 0 amide bonds. The highest BCUT2D eigenvalue weighted by Crippen LogP contribution is 2.29. The third-order valence-corrected chi connectivity index (χ3v) is 5.75. The van der Waals surface area contributed by atoms with Crippen molar-refractivity contribution < 1.29 is 14.6 Å².